The molecule has 0 heterocycles. The van der Waals surface area contributed by atoms with E-state index in [1.165, 1.54) is 32.1 Å². The fraction of sp³-hybridized carbons (Fsp3) is 0.385. The molecule has 0 aromatic heterocycles. The lowest BCUT2D eigenvalue weighted by Gasteiger charge is -2.05. The number of hydrogen-bond acceptors (Lipinski definition) is 3. The van der Waals surface area contributed by atoms with Crippen LogP contribution >= 0.6 is 0 Å². The quantitative estimate of drug-likeness (QED) is 0.135. The first-order valence-corrected chi connectivity index (χ1v) is 10.6. The molecule has 0 atom stereocenters. The number of ether oxygens (including phenoxy) is 1. The Labute approximate surface area is 175 Å². The zero-order valence-corrected chi connectivity index (χ0v) is 17.6. The van der Waals surface area contributed by atoms with Gasteiger partial charge in [0.2, 0.25) is 0 Å². The van der Waals surface area contributed by atoms with E-state index < -0.39 is 0 Å². The molecule has 0 bridgehead atoms. The number of esters is 1. The summed E-state index contributed by atoms with van der Waals surface area (Å²) in [4.78, 5) is 12.0. The van der Waals surface area contributed by atoms with Crippen LogP contribution in [-0.2, 0) is 4.79 Å². The average molecular weight is 390 g/mol. The molecule has 3 nitrogen and oxygen atoms in total. The smallest absolute Gasteiger partial charge is 0.311 e. The monoisotopic (exact) mass is 389 g/mol. The standard InChI is InChI=1S/C26H31NO2/c1-3-4-5-6-7-8-9-10-26(28)29-25-17-13-22(14-18-25)19-24(20-27)23-15-11-21(2)12-16-23/h11-19H,3-10H2,1-2H3/b24-19-. The first kappa shape index (κ1) is 22.4. The van der Waals surface area contributed by atoms with Crippen LogP contribution in [0.2, 0.25) is 0 Å². The van der Waals surface area contributed by atoms with Crippen molar-refractivity contribution >= 4 is 17.6 Å². The Morgan fingerprint density at radius 1 is 0.931 bits per heavy atom. The lowest BCUT2D eigenvalue weighted by molar-refractivity contribution is -0.134. The van der Waals surface area contributed by atoms with Crippen molar-refractivity contribution in [1.29, 1.82) is 5.26 Å². The van der Waals surface area contributed by atoms with Gasteiger partial charge >= 0.3 is 5.97 Å². The van der Waals surface area contributed by atoms with E-state index in [4.69, 9.17) is 4.74 Å². The number of rotatable bonds is 11. The number of allylic oxidation sites excluding steroid dienone is 1. The van der Waals surface area contributed by atoms with Gasteiger partial charge in [0.05, 0.1) is 11.6 Å². The molecule has 0 spiro atoms. The maximum absolute atomic E-state index is 12.0. The van der Waals surface area contributed by atoms with Crippen LogP contribution in [0, 0.1) is 18.3 Å². The lowest BCUT2D eigenvalue weighted by Crippen LogP contribution is -2.07. The number of aryl methyl sites for hydroxylation is 1. The zero-order chi connectivity index (χ0) is 20.9. The van der Waals surface area contributed by atoms with E-state index in [1.807, 2.05) is 49.4 Å². The maximum Gasteiger partial charge on any atom is 0.311 e. The van der Waals surface area contributed by atoms with Crippen molar-refractivity contribution in [2.45, 2.75) is 65.2 Å². The van der Waals surface area contributed by atoms with Crippen molar-refractivity contribution in [1.82, 2.24) is 0 Å². The van der Waals surface area contributed by atoms with Crippen LogP contribution < -0.4 is 4.74 Å². The number of hydrogen-bond donors (Lipinski definition) is 0. The SMILES string of the molecule is CCCCCCCCCC(=O)Oc1ccc(/C=C(/C#N)c2ccc(C)cc2)cc1. The van der Waals surface area contributed by atoms with Gasteiger partial charge in [0.25, 0.3) is 0 Å². The van der Waals surface area contributed by atoms with Crippen LogP contribution in [0.1, 0.15) is 75.0 Å². The van der Waals surface area contributed by atoms with Crippen LogP contribution in [0.3, 0.4) is 0 Å². The zero-order valence-electron chi connectivity index (χ0n) is 17.6. The summed E-state index contributed by atoms with van der Waals surface area (Å²) in [5, 5.41) is 9.46. The van der Waals surface area contributed by atoms with Crippen LogP contribution in [0.15, 0.2) is 48.5 Å². The molecule has 3 heteroatoms. The molecule has 152 valence electrons. The number of unbranched alkanes of at least 4 members (excludes halogenated alkanes) is 6. The topological polar surface area (TPSA) is 50.1 Å². The average Bonchev–Trinajstić information content (AvgIpc) is 2.73. The first-order chi connectivity index (χ1) is 14.1. The Hall–Kier alpha value is -2.86. The molecule has 0 aliphatic heterocycles. The van der Waals surface area contributed by atoms with E-state index in [2.05, 4.69) is 13.0 Å². The third-order valence-corrected chi connectivity index (χ3v) is 4.89. The van der Waals surface area contributed by atoms with Crippen LogP contribution in [0.25, 0.3) is 11.6 Å². The van der Waals surface area contributed by atoms with E-state index >= 15 is 0 Å². The summed E-state index contributed by atoms with van der Waals surface area (Å²) in [5.74, 6) is 0.364. The summed E-state index contributed by atoms with van der Waals surface area (Å²) < 4.78 is 5.42. The molecule has 0 fully saturated rings. The minimum atomic E-state index is -0.181. The second-order valence-corrected chi connectivity index (χ2v) is 7.45. The third kappa shape index (κ3) is 8.35. The number of carbonyl (C=O) groups excluding carboxylic acids is 1. The maximum atomic E-state index is 12.0. The van der Waals surface area contributed by atoms with Crippen molar-refractivity contribution in [2.24, 2.45) is 0 Å². The molecule has 0 amide bonds. The van der Waals surface area contributed by atoms with Gasteiger partial charge < -0.3 is 4.74 Å². The Kier molecular flexibility index (Phi) is 9.72. The highest BCUT2D eigenvalue weighted by Gasteiger charge is 2.05. The van der Waals surface area contributed by atoms with E-state index in [-0.39, 0.29) is 5.97 Å². The summed E-state index contributed by atoms with van der Waals surface area (Å²) in [5.41, 5.74) is 3.56. The number of nitriles is 1. The summed E-state index contributed by atoms with van der Waals surface area (Å²) in [6.45, 7) is 4.23. The fourth-order valence-corrected chi connectivity index (χ4v) is 3.12. The normalized spacial score (nSPS) is 11.1. The number of nitrogens with zero attached hydrogens (tertiary/aromatic N) is 1. The van der Waals surface area contributed by atoms with E-state index in [9.17, 15) is 10.1 Å². The van der Waals surface area contributed by atoms with Gasteiger partial charge in [-0.3, -0.25) is 4.79 Å². The molecule has 0 unspecified atom stereocenters. The van der Waals surface area contributed by atoms with Crippen LogP contribution in [0.5, 0.6) is 5.75 Å². The summed E-state index contributed by atoms with van der Waals surface area (Å²) in [7, 11) is 0. The van der Waals surface area contributed by atoms with Gasteiger partial charge in [0, 0.05) is 6.42 Å². The Balaban J connectivity index is 1.82. The Morgan fingerprint density at radius 2 is 1.55 bits per heavy atom. The fourth-order valence-electron chi connectivity index (χ4n) is 3.12. The predicted molar refractivity (Wildman–Crippen MR) is 119 cm³/mol. The van der Waals surface area contributed by atoms with Gasteiger partial charge in [-0.2, -0.15) is 5.26 Å². The largest absolute Gasteiger partial charge is 0.427 e. The highest BCUT2D eigenvalue weighted by Crippen LogP contribution is 2.20. The van der Waals surface area contributed by atoms with Crippen LogP contribution in [-0.4, -0.2) is 5.97 Å². The minimum Gasteiger partial charge on any atom is -0.427 e. The summed E-state index contributed by atoms with van der Waals surface area (Å²) in [6, 6.07) is 17.4. The van der Waals surface area contributed by atoms with E-state index in [0.717, 1.165) is 29.5 Å². The van der Waals surface area contributed by atoms with Crippen molar-refractivity contribution in [2.75, 3.05) is 0 Å². The highest BCUT2D eigenvalue weighted by atomic mass is 16.5. The summed E-state index contributed by atoms with van der Waals surface area (Å²) in [6.07, 6.45) is 10.6. The predicted octanol–water partition coefficient (Wildman–Crippen LogP) is 7.11. The highest BCUT2D eigenvalue weighted by molar-refractivity contribution is 5.89. The van der Waals surface area contributed by atoms with Gasteiger partial charge in [0.1, 0.15) is 5.75 Å². The Bertz CT molecular complexity index is 827. The molecular formula is C26H31NO2. The molecule has 0 aliphatic carbocycles. The van der Waals surface area contributed by atoms with E-state index in [1.54, 1.807) is 12.1 Å². The molecule has 0 radical (unpaired) electrons. The molecule has 0 saturated carbocycles. The first-order valence-electron chi connectivity index (χ1n) is 10.6. The molecule has 2 aromatic carbocycles. The van der Waals surface area contributed by atoms with Gasteiger partial charge in [0.15, 0.2) is 0 Å². The van der Waals surface area contributed by atoms with Gasteiger partial charge in [-0.1, -0.05) is 87.4 Å². The van der Waals surface area contributed by atoms with Gasteiger partial charge in [-0.05, 0) is 42.7 Å². The lowest BCUT2D eigenvalue weighted by atomic mass is 10.0. The van der Waals surface area contributed by atoms with Crippen molar-refractivity contribution < 1.29 is 9.53 Å². The van der Waals surface area contributed by atoms with Gasteiger partial charge in [-0.15, -0.1) is 0 Å². The van der Waals surface area contributed by atoms with Gasteiger partial charge in [-0.25, -0.2) is 0 Å². The summed E-state index contributed by atoms with van der Waals surface area (Å²) >= 11 is 0. The number of carbonyl (C=O) groups is 1. The number of benzene rings is 2. The molecule has 0 aliphatic rings. The Morgan fingerprint density at radius 3 is 2.17 bits per heavy atom. The minimum absolute atomic E-state index is 0.181. The molecule has 0 N–H and O–H groups in total. The third-order valence-electron chi connectivity index (χ3n) is 4.89. The van der Waals surface area contributed by atoms with Crippen molar-refractivity contribution in [3.63, 3.8) is 0 Å². The van der Waals surface area contributed by atoms with Crippen LogP contribution in [0.4, 0.5) is 0 Å². The van der Waals surface area contributed by atoms with E-state index in [0.29, 0.717) is 17.7 Å². The molecule has 0 saturated heterocycles. The molecule has 29 heavy (non-hydrogen) atoms. The second-order valence-electron chi connectivity index (χ2n) is 7.45. The van der Waals surface area contributed by atoms with Crippen molar-refractivity contribution in [3.05, 3.63) is 65.2 Å². The molecule has 2 aromatic rings. The van der Waals surface area contributed by atoms with Crippen molar-refractivity contribution in [3.8, 4) is 11.8 Å². The second kappa shape index (κ2) is 12.6. The molecule has 2 rings (SSSR count). The molecular weight excluding hydrogens is 358 g/mol.